The van der Waals surface area contributed by atoms with Crippen molar-refractivity contribution >= 4 is 5.97 Å². The molecule has 1 N–H and O–H groups in total. The van der Waals surface area contributed by atoms with Crippen LogP contribution in [0, 0.1) is 5.41 Å². The maximum atomic E-state index is 12.0. The summed E-state index contributed by atoms with van der Waals surface area (Å²) in [6.45, 7) is 9.04. The topological polar surface area (TPSA) is 41.6 Å². The van der Waals surface area contributed by atoms with Crippen molar-refractivity contribution in [3.05, 3.63) is 0 Å². The van der Waals surface area contributed by atoms with E-state index in [0.29, 0.717) is 12.1 Å². The van der Waals surface area contributed by atoms with Crippen LogP contribution in [0.1, 0.15) is 47.0 Å². The van der Waals surface area contributed by atoms with E-state index in [1.54, 1.807) is 0 Å². The van der Waals surface area contributed by atoms with Gasteiger partial charge in [0.15, 0.2) is 0 Å². The summed E-state index contributed by atoms with van der Waals surface area (Å²) in [5.41, 5.74) is -0.254. The average molecular weight is 270 g/mol. The first-order valence-electron chi connectivity index (χ1n) is 7.17. The fourth-order valence-electron chi connectivity index (χ4n) is 3.00. The van der Waals surface area contributed by atoms with E-state index in [-0.39, 0.29) is 11.4 Å². The van der Waals surface area contributed by atoms with Crippen LogP contribution < -0.4 is 5.32 Å². The van der Waals surface area contributed by atoms with Crippen LogP contribution in [0.2, 0.25) is 0 Å². The molecule has 4 nitrogen and oxygen atoms in total. The monoisotopic (exact) mass is 270 g/mol. The number of rotatable bonds is 4. The Bertz CT molecular complexity index is 325. The highest BCUT2D eigenvalue weighted by Crippen LogP contribution is 2.36. The third-order valence-electron chi connectivity index (χ3n) is 4.98. The molecule has 0 heterocycles. The number of esters is 1. The van der Waals surface area contributed by atoms with Crippen LogP contribution in [0.5, 0.6) is 0 Å². The lowest BCUT2D eigenvalue weighted by Gasteiger charge is -2.39. The van der Waals surface area contributed by atoms with Crippen LogP contribution in [-0.2, 0) is 9.53 Å². The standard InChI is InChI=1S/C15H30N2O2/c1-11(14(2,3)4)17(6)12-8-9-15(10-12,16-5)13(18)19-7/h11-12,16H,8-10H2,1-7H3. The molecule has 0 saturated heterocycles. The van der Waals surface area contributed by atoms with Gasteiger partial charge in [0.25, 0.3) is 0 Å². The van der Waals surface area contributed by atoms with Crippen LogP contribution in [0.3, 0.4) is 0 Å². The van der Waals surface area contributed by atoms with Gasteiger partial charge in [0, 0.05) is 12.1 Å². The van der Waals surface area contributed by atoms with Gasteiger partial charge in [-0.1, -0.05) is 20.8 Å². The second-order valence-corrected chi connectivity index (χ2v) is 6.93. The summed E-state index contributed by atoms with van der Waals surface area (Å²) < 4.78 is 4.96. The van der Waals surface area contributed by atoms with E-state index in [4.69, 9.17) is 4.74 Å². The highest BCUT2D eigenvalue weighted by Gasteiger charge is 2.47. The summed E-state index contributed by atoms with van der Waals surface area (Å²) in [4.78, 5) is 14.4. The van der Waals surface area contributed by atoms with Crippen LogP contribution in [0.15, 0.2) is 0 Å². The summed E-state index contributed by atoms with van der Waals surface area (Å²) in [6, 6.07) is 0.906. The van der Waals surface area contributed by atoms with Gasteiger partial charge in [-0.15, -0.1) is 0 Å². The number of ether oxygens (including phenoxy) is 1. The van der Waals surface area contributed by atoms with E-state index >= 15 is 0 Å². The molecule has 19 heavy (non-hydrogen) atoms. The van der Waals surface area contributed by atoms with Crippen molar-refractivity contribution < 1.29 is 9.53 Å². The molecule has 1 saturated carbocycles. The summed E-state index contributed by atoms with van der Waals surface area (Å²) in [5.74, 6) is -0.130. The summed E-state index contributed by atoms with van der Waals surface area (Å²) >= 11 is 0. The van der Waals surface area contributed by atoms with Gasteiger partial charge in [0.1, 0.15) is 5.54 Å². The molecule has 0 bridgehead atoms. The van der Waals surface area contributed by atoms with Crippen molar-refractivity contribution in [1.29, 1.82) is 0 Å². The highest BCUT2D eigenvalue weighted by atomic mass is 16.5. The molecule has 0 spiro atoms. The zero-order valence-corrected chi connectivity index (χ0v) is 13.5. The first kappa shape index (κ1) is 16.4. The van der Waals surface area contributed by atoms with Crippen LogP contribution in [-0.4, -0.2) is 49.7 Å². The smallest absolute Gasteiger partial charge is 0.326 e. The van der Waals surface area contributed by atoms with Crippen molar-refractivity contribution in [2.24, 2.45) is 5.41 Å². The summed E-state index contributed by atoms with van der Waals surface area (Å²) in [7, 11) is 5.49. The zero-order valence-electron chi connectivity index (χ0n) is 13.5. The van der Waals surface area contributed by atoms with Crippen LogP contribution in [0.4, 0.5) is 0 Å². The molecule has 3 atom stereocenters. The van der Waals surface area contributed by atoms with Crippen LogP contribution >= 0.6 is 0 Å². The molecule has 1 rings (SSSR count). The summed E-state index contributed by atoms with van der Waals surface area (Å²) in [5, 5.41) is 3.19. The zero-order chi connectivity index (χ0) is 14.8. The first-order chi connectivity index (χ1) is 8.68. The largest absolute Gasteiger partial charge is 0.468 e. The second kappa shape index (κ2) is 5.80. The maximum absolute atomic E-state index is 12.0. The van der Waals surface area contributed by atoms with Crippen molar-refractivity contribution in [2.75, 3.05) is 21.2 Å². The normalized spacial score (nSPS) is 29.6. The lowest BCUT2D eigenvalue weighted by molar-refractivity contribution is -0.148. The molecule has 4 heteroatoms. The molecule has 0 aromatic heterocycles. The predicted octanol–water partition coefficient (Wildman–Crippen LogP) is 2.04. The molecule has 0 amide bonds. The number of methoxy groups -OCH3 is 1. The van der Waals surface area contributed by atoms with E-state index in [9.17, 15) is 4.79 Å². The Morgan fingerprint density at radius 2 is 2.05 bits per heavy atom. The van der Waals surface area contributed by atoms with Gasteiger partial charge >= 0.3 is 5.97 Å². The Morgan fingerprint density at radius 3 is 2.47 bits per heavy atom. The Labute approximate surface area is 117 Å². The fraction of sp³-hybridized carbons (Fsp3) is 0.933. The fourth-order valence-corrected chi connectivity index (χ4v) is 3.00. The Morgan fingerprint density at radius 1 is 1.47 bits per heavy atom. The number of nitrogens with zero attached hydrogens (tertiary/aromatic N) is 1. The number of carbonyl (C=O) groups excluding carboxylic acids is 1. The van der Waals surface area contributed by atoms with Crippen molar-refractivity contribution in [3.63, 3.8) is 0 Å². The molecular weight excluding hydrogens is 240 g/mol. The SMILES string of the molecule is CNC1(C(=O)OC)CCC(N(C)C(C)C(C)(C)C)C1. The molecule has 0 aliphatic heterocycles. The third-order valence-corrected chi connectivity index (χ3v) is 4.98. The van der Waals surface area contributed by atoms with Crippen molar-refractivity contribution in [2.45, 2.75) is 64.6 Å². The van der Waals surface area contributed by atoms with E-state index in [0.717, 1.165) is 19.3 Å². The summed E-state index contributed by atoms with van der Waals surface area (Å²) in [6.07, 6.45) is 2.71. The molecule has 1 fully saturated rings. The molecule has 0 aromatic carbocycles. The number of hydrogen-bond donors (Lipinski definition) is 1. The van der Waals surface area contributed by atoms with Crippen LogP contribution in [0.25, 0.3) is 0 Å². The molecule has 3 unspecified atom stereocenters. The molecule has 112 valence electrons. The molecule has 0 radical (unpaired) electrons. The van der Waals surface area contributed by atoms with Crippen molar-refractivity contribution in [1.82, 2.24) is 10.2 Å². The van der Waals surface area contributed by atoms with Gasteiger partial charge < -0.3 is 15.0 Å². The molecule has 0 aromatic rings. The van der Waals surface area contributed by atoms with E-state index < -0.39 is 5.54 Å². The lowest BCUT2D eigenvalue weighted by atomic mass is 9.86. The Balaban J connectivity index is 2.77. The number of hydrogen-bond acceptors (Lipinski definition) is 4. The molecular formula is C15H30N2O2. The molecule has 1 aliphatic carbocycles. The lowest BCUT2D eigenvalue weighted by Crippen LogP contribution is -2.51. The van der Waals surface area contributed by atoms with E-state index in [1.165, 1.54) is 7.11 Å². The van der Waals surface area contributed by atoms with Crippen molar-refractivity contribution in [3.8, 4) is 0 Å². The minimum atomic E-state index is -0.495. The van der Waals surface area contributed by atoms with Gasteiger partial charge in [-0.3, -0.25) is 4.79 Å². The maximum Gasteiger partial charge on any atom is 0.326 e. The van der Waals surface area contributed by atoms with E-state index in [1.807, 2.05) is 7.05 Å². The highest BCUT2D eigenvalue weighted by molar-refractivity contribution is 5.81. The Hall–Kier alpha value is -0.610. The number of nitrogens with one attached hydrogen (secondary N) is 1. The second-order valence-electron chi connectivity index (χ2n) is 6.93. The van der Waals surface area contributed by atoms with Gasteiger partial charge in [-0.25, -0.2) is 0 Å². The van der Waals surface area contributed by atoms with Gasteiger partial charge in [-0.05, 0) is 45.7 Å². The molecule has 1 aliphatic rings. The quantitative estimate of drug-likeness (QED) is 0.794. The van der Waals surface area contributed by atoms with E-state index in [2.05, 4.69) is 45.0 Å². The number of likely N-dealkylation sites (N-methyl/N-ethyl adjacent to an activating group) is 1. The minimum absolute atomic E-state index is 0.130. The van der Waals surface area contributed by atoms with Gasteiger partial charge in [0.05, 0.1) is 7.11 Å². The predicted molar refractivity (Wildman–Crippen MR) is 78.1 cm³/mol. The Kier molecular flexibility index (Phi) is 5.02. The third kappa shape index (κ3) is 3.29. The number of carbonyl (C=O) groups is 1. The minimum Gasteiger partial charge on any atom is -0.468 e. The van der Waals surface area contributed by atoms with Gasteiger partial charge in [-0.2, -0.15) is 0 Å². The van der Waals surface area contributed by atoms with Gasteiger partial charge in [0.2, 0.25) is 0 Å². The average Bonchev–Trinajstić information content (AvgIpc) is 2.80. The first-order valence-corrected chi connectivity index (χ1v) is 7.17.